The van der Waals surface area contributed by atoms with E-state index in [9.17, 15) is 9.18 Å². The summed E-state index contributed by atoms with van der Waals surface area (Å²) in [7, 11) is 0. The highest BCUT2D eigenvalue weighted by Crippen LogP contribution is 2.23. The van der Waals surface area contributed by atoms with Gasteiger partial charge in [0, 0.05) is 23.3 Å². The second kappa shape index (κ2) is 7.32. The molecule has 2 aromatic carbocycles. The molecule has 0 aliphatic rings. The van der Waals surface area contributed by atoms with Crippen LogP contribution in [0, 0.1) is 12.7 Å². The molecular weight excluding hydrogens is 341 g/mol. The van der Waals surface area contributed by atoms with Crippen LogP contribution in [0.5, 0.6) is 0 Å². The Morgan fingerprint density at radius 1 is 1.00 bits per heavy atom. The predicted molar refractivity (Wildman–Crippen MR) is 98.1 cm³/mol. The minimum absolute atomic E-state index is 0.0244. The molecule has 0 saturated carbocycles. The maximum Gasteiger partial charge on any atom is 0.274 e. The van der Waals surface area contributed by atoms with Gasteiger partial charge in [0.1, 0.15) is 11.5 Å². The number of carbonyl (C=O) groups excluding carboxylic acids is 1. The Bertz CT molecular complexity index is 913. The molecule has 1 amide bonds. The van der Waals surface area contributed by atoms with E-state index in [1.165, 1.54) is 18.3 Å². The number of hydrogen-bond acceptors (Lipinski definition) is 3. The number of halogens is 2. The summed E-state index contributed by atoms with van der Waals surface area (Å²) in [6.45, 7) is 1.98. The van der Waals surface area contributed by atoms with Gasteiger partial charge >= 0.3 is 0 Å². The predicted octanol–water partition coefficient (Wildman–Crippen LogP) is 5.18. The topological polar surface area (TPSA) is 54.0 Å². The Kier molecular flexibility index (Phi) is 4.95. The second-order valence-corrected chi connectivity index (χ2v) is 5.91. The lowest BCUT2D eigenvalue weighted by Gasteiger charge is -2.09. The molecule has 2 N–H and O–H groups in total. The molecule has 0 bridgehead atoms. The van der Waals surface area contributed by atoms with Gasteiger partial charge in [0.25, 0.3) is 5.91 Å². The fourth-order valence-corrected chi connectivity index (χ4v) is 2.39. The molecule has 0 radical (unpaired) electrons. The second-order valence-electron chi connectivity index (χ2n) is 5.50. The summed E-state index contributed by atoms with van der Waals surface area (Å²) in [6, 6.07) is 15.1. The van der Waals surface area contributed by atoms with Crippen molar-refractivity contribution in [2.24, 2.45) is 0 Å². The van der Waals surface area contributed by atoms with E-state index >= 15 is 0 Å². The third-order valence-electron chi connectivity index (χ3n) is 3.51. The molecule has 126 valence electrons. The van der Waals surface area contributed by atoms with Crippen molar-refractivity contribution in [3.8, 4) is 0 Å². The van der Waals surface area contributed by atoms with Crippen molar-refractivity contribution in [2.45, 2.75) is 6.92 Å². The number of nitrogens with one attached hydrogen (secondary N) is 2. The first-order valence-corrected chi connectivity index (χ1v) is 7.95. The van der Waals surface area contributed by atoms with Crippen LogP contribution in [0.25, 0.3) is 0 Å². The van der Waals surface area contributed by atoms with E-state index in [1.807, 2.05) is 31.2 Å². The Morgan fingerprint density at radius 2 is 1.68 bits per heavy atom. The van der Waals surface area contributed by atoms with Gasteiger partial charge in [-0.05, 0) is 49.4 Å². The van der Waals surface area contributed by atoms with Crippen molar-refractivity contribution < 1.29 is 9.18 Å². The molecule has 0 fully saturated rings. The fourth-order valence-electron chi connectivity index (χ4n) is 2.21. The monoisotopic (exact) mass is 355 g/mol. The van der Waals surface area contributed by atoms with Gasteiger partial charge in [-0.1, -0.05) is 29.3 Å². The minimum Gasteiger partial charge on any atom is -0.355 e. The zero-order valence-electron chi connectivity index (χ0n) is 13.4. The number of aromatic nitrogens is 1. The van der Waals surface area contributed by atoms with Crippen LogP contribution in [0.4, 0.5) is 21.5 Å². The number of carbonyl (C=O) groups is 1. The highest BCUT2D eigenvalue weighted by molar-refractivity contribution is 6.31. The van der Waals surface area contributed by atoms with Crippen molar-refractivity contribution in [1.82, 2.24) is 4.98 Å². The molecule has 6 heteroatoms. The van der Waals surface area contributed by atoms with Gasteiger partial charge < -0.3 is 10.6 Å². The van der Waals surface area contributed by atoms with Crippen LogP contribution < -0.4 is 10.6 Å². The van der Waals surface area contributed by atoms with Crippen LogP contribution in [0.1, 0.15) is 16.1 Å². The van der Waals surface area contributed by atoms with Crippen molar-refractivity contribution >= 4 is 34.6 Å². The van der Waals surface area contributed by atoms with Crippen LogP contribution in [0.15, 0.2) is 60.8 Å². The highest BCUT2D eigenvalue weighted by atomic mass is 35.5. The molecule has 0 spiro atoms. The van der Waals surface area contributed by atoms with E-state index in [0.29, 0.717) is 17.1 Å². The Hall–Kier alpha value is -2.92. The number of rotatable bonds is 4. The first-order valence-electron chi connectivity index (χ1n) is 7.57. The van der Waals surface area contributed by atoms with E-state index in [4.69, 9.17) is 11.6 Å². The van der Waals surface area contributed by atoms with E-state index in [-0.39, 0.29) is 16.6 Å². The average molecular weight is 356 g/mol. The van der Waals surface area contributed by atoms with Gasteiger partial charge in [0.2, 0.25) is 0 Å². The van der Waals surface area contributed by atoms with Crippen LogP contribution in [-0.2, 0) is 0 Å². The van der Waals surface area contributed by atoms with Gasteiger partial charge in [0.05, 0.1) is 5.02 Å². The number of nitrogens with zero attached hydrogens (tertiary/aromatic N) is 1. The fraction of sp³-hybridized carbons (Fsp3) is 0.0526. The minimum atomic E-state index is -0.486. The summed E-state index contributed by atoms with van der Waals surface area (Å²) in [5.41, 5.74) is 3.33. The van der Waals surface area contributed by atoms with Crippen molar-refractivity contribution in [3.63, 3.8) is 0 Å². The van der Waals surface area contributed by atoms with Crippen LogP contribution in [0.2, 0.25) is 5.02 Å². The molecule has 1 aromatic heterocycles. The molecule has 0 saturated heterocycles. The molecule has 0 aliphatic carbocycles. The quantitative estimate of drug-likeness (QED) is 0.678. The lowest BCUT2D eigenvalue weighted by Crippen LogP contribution is -2.13. The molecule has 0 atom stereocenters. The highest BCUT2D eigenvalue weighted by Gasteiger charge is 2.09. The molecule has 4 nitrogen and oxygen atoms in total. The Morgan fingerprint density at radius 3 is 2.40 bits per heavy atom. The average Bonchev–Trinajstić information content (AvgIpc) is 2.60. The number of anilines is 3. The largest absolute Gasteiger partial charge is 0.355 e. The summed E-state index contributed by atoms with van der Waals surface area (Å²) in [4.78, 5) is 16.4. The van der Waals surface area contributed by atoms with Crippen LogP contribution in [-0.4, -0.2) is 10.9 Å². The molecule has 3 rings (SSSR count). The number of pyridine rings is 1. The Balaban J connectivity index is 1.75. The lowest BCUT2D eigenvalue weighted by atomic mass is 10.2. The van der Waals surface area contributed by atoms with Crippen LogP contribution in [0.3, 0.4) is 0 Å². The number of benzene rings is 2. The standard InChI is InChI=1S/C19H15ClFN3O/c1-12-2-4-13(5-3-12)24-19(25)18-11-15(8-9-22-18)23-14-6-7-17(21)16(20)10-14/h2-11H,1H3,(H,22,23)(H,24,25). The number of hydrogen-bond donors (Lipinski definition) is 2. The third kappa shape index (κ3) is 4.33. The Labute approximate surface area is 149 Å². The van der Waals surface area contributed by atoms with Crippen molar-refractivity contribution in [1.29, 1.82) is 0 Å². The van der Waals surface area contributed by atoms with Crippen LogP contribution >= 0.6 is 11.6 Å². The third-order valence-corrected chi connectivity index (χ3v) is 3.80. The summed E-state index contributed by atoms with van der Waals surface area (Å²) >= 11 is 5.77. The molecule has 0 unspecified atom stereocenters. The van der Waals surface area contributed by atoms with Gasteiger partial charge in [0.15, 0.2) is 0 Å². The molecule has 3 aromatic rings. The molecule has 25 heavy (non-hydrogen) atoms. The molecular formula is C19H15ClFN3O. The summed E-state index contributed by atoms with van der Waals surface area (Å²) in [5.74, 6) is -0.801. The molecule has 1 heterocycles. The van der Waals surface area contributed by atoms with Crippen molar-refractivity contribution in [2.75, 3.05) is 10.6 Å². The van der Waals surface area contributed by atoms with E-state index in [1.54, 1.807) is 18.2 Å². The van der Waals surface area contributed by atoms with Gasteiger partial charge in [-0.3, -0.25) is 9.78 Å². The summed E-state index contributed by atoms with van der Waals surface area (Å²) in [5, 5.41) is 5.89. The maximum atomic E-state index is 13.2. The normalized spacial score (nSPS) is 10.4. The zero-order chi connectivity index (χ0) is 17.8. The van der Waals surface area contributed by atoms with Gasteiger partial charge in [-0.25, -0.2) is 4.39 Å². The van der Waals surface area contributed by atoms with E-state index < -0.39 is 5.82 Å². The number of amides is 1. The lowest BCUT2D eigenvalue weighted by molar-refractivity contribution is 0.102. The smallest absolute Gasteiger partial charge is 0.274 e. The maximum absolute atomic E-state index is 13.2. The van der Waals surface area contributed by atoms with E-state index in [0.717, 1.165) is 5.56 Å². The van der Waals surface area contributed by atoms with Crippen molar-refractivity contribution in [3.05, 3.63) is 82.9 Å². The zero-order valence-corrected chi connectivity index (χ0v) is 14.1. The first-order chi connectivity index (χ1) is 12.0. The summed E-state index contributed by atoms with van der Waals surface area (Å²) in [6.07, 6.45) is 1.53. The molecule has 0 aliphatic heterocycles. The van der Waals surface area contributed by atoms with Gasteiger partial charge in [-0.15, -0.1) is 0 Å². The first kappa shape index (κ1) is 16.9. The SMILES string of the molecule is Cc1ccc(NC(=O)c2cc(Nc3ccc(F)c(Cl)c3)ccn2)cc1. The van der Waals surface area contributed by atoms with Gasteiger partial charge in [-0.2, -0.15) is 0 Å². The summed E-state index contributed by atoms with van der Waals surface area (Å²) < 4.78 is 13.2. The van der Waals surface area contributed by atoms with E-state index in [2.05, 4.69) is 15.6 Å². The number of aryl methyl sites for hydroxylation is 1.